The SMILES string of the molecule is Cn1cc(C(=O)NCc2ccccn2)c(=O)c2cc(Cl)ccc21. The third-order valence-electron chi connectivity index (χ3n) is 3.55. The van der Waals surface area contributed by atoms with Gasteiger partial charge in [-0.1, -0.05) is 17.7 Å². The fraction of sp³-hybridized carbons (Fsp3) is 0.118. The molecule has 0 saturated heterocycles. The van der Waals surface area contributed by atoms with Crippen molar-refractivity contribution >= 4 is 28.4 Å². The summed E-state index contributed by atoms with van der Waals surface area (Å²) in [6.45, 7) is 0.260. The summed E-state index contributed by atoms with van der Waals surface area (Å²) in [6.07, 6.45) is 3.19. The molecule has 23 heavy (non-hydrogen) atoms. The minimum Gasteiger partial charge on any atom is -0.350 e. The van der Waals surface area contributed by atoms with Crippen molar-refractivity contribution in [1.29, 1.82) is 0 Å². The first-order valence-electron chi connectivity index (χ1n) is 7.03. The molecule has 3 rings (SSSR count). The number of nitrogens with one attached hydrogen (secondary N) is 1. The van der Waals surface area contributed by atoms with Gasteiger partial charge in [0.2, 0.25) is 5.43 Å². The third-order valence-corrected chi connectivity index (χ3v) is 3.79. The molecule has 0 aliphatic heterocycles. The van der Waals surface area contributed by atoms with E-state index in [1.165, 1.54) is 6.20 Å². The monoisotopic (exact) mass is 327 g/mol. The van der Waals surface area contributed by atoms with E-state index in [1.807, 2.05) is 6.07 Å². The molecule has 0 bridgehead atoms. The molecule has 0 fully saturated rings. The standard InChI is InChI=1S/C17H14ClN3O2/c1-21-10-14(16(22)13-8-11(18)5-6-15(13)21)17(23)20-9-12-4-2-3-7-19-12/h2-8,10H,9H2,1H3,(H,20,23). The van der Waals surface area contributed by atoms with Gasteiger partial charge < -0.3 is 9.88 Å². The van der Waals surface area contributed by atoms with Gasteiger partial charge in [0.05, 0.1) is 17.8 Å². The van der Waals surface area contributed by atoms with E-state index in [0.717, 1.165) is 11.2 Å². The minimum absolute atomic E-state index is 0.0817. The summed E-state index contributed by atoms with van der Waals surface area (Å²) in [6, 6.07) is 10.5. The van der Waals surface area contributed by atoms with E-state index in [1.54, 1.807) is 48.1 Å². The maximum atomic E-state index is 12.5. The van der Waals surface area contributed by atoms with Crippen LogP contribution in [0.4, 0.5) is 0 Å². The molecule has 0 saturated carbocycles. The first-order valence-corrected chi connectivity index (χ1v) is 7.41. The number of aryl methyl sites for hydroxylation is 1. The molecule has 3 aromatic rings. The van der Waals surface area contributed by atoms with Gasteiger partial charge in [0, 0.05) is 29.9 Å². The summed E-state index contributed by atoms with van der Waals surface area (Å²) < 4.78 is 1.74. The Morgan fingerprint density at radius 1 is 1.30 bits per heavy atom. The van der Waals surface area contributed by atoms with Crippen molar-refractivity contribution in [3.05, 3.63) is 75.3 Å². The predicted molar refractivity (Wildman–Crippen MR) is 89.6 cm³/mol. The van der Waals surface area contributed by atoms with E-state index in [9.17, 15) is 9.59 Å². The number of halogens is 1. The van der Waals surface area contributed by atoms with Crippen LogP contribution < -0.4 is 10.7 Å². The fourth-order valence-corrected chi connectivity index (χ4v) is 2.57. The van der Waals surface area contributed by atoms with Gasteiger partial charge in [0.1, 0.15) is 5.56 Å². The maximum Gasteiger partial charge on any atom is 0.257 e. The molecule has 1 N–H and O–H groups in total. The molecule has 0 spiro atoms. The highest BCUT2D eigenvalue weighted by atomic mass is 35.5. The highest BCUT2D eigenvalue weighted by Gasteiger charge is 2.14. The minimum atomic E-state index is -0.432. The zero-order valence-electron chi connectivity index (χ0n) is 12.4. The lowest BCUT2D eigenvalue weighted by Gasteiger charge is -2.09. The largest absolute Gasteiger partial charge is 0.350 e. The molecular formula is C17H14ClN3O2. The zero-order valence-corrected chi connectivity index (χ0v) is 13.2. The quantitative estimate of drug-likeness (QED) is 0.804. The van der Waals surface area contributed by atoms with Gasteiger partial charge in [-0.15, -0.1) is 0 Å². The smallest absolute Gasteiger partial charge is 0.257 e. The van der Waals surface area contributed by atoms with Crippen molar-refractivity contribution in [2.75, 3.05) is 0 Å². The van der Waals surface area contributed by atoms with Crippen molar-refractivity contribution in [2.45, 2.75) is 6.54 Å². The highest BCUT2D eigenvalue weighted by molar-refractivity contribution is 6.31. The third kappa shape index (κ3) is 3.10. The molecule has 2 aromatic heterocycles. The second-order valence-electron chi connectivity index (χ2n) is 5.15. The normalized spacial score (nSPS) is 10.7. The lowest BCUT2D eigenvalue weighted by Crippen LogP contribution is -2.29. The second-order valence-corrected chi connectivity index (χ2v) is 5.58. The van der Waals surface area contributed by atoms with Crippen LogP contribution in [0.5, 0.6) is 0 Å². The number of carbonyl (C=O) groups is 1. The first kappa shape index (κ1) is 15.2. The molecule has 0 aliphatic carbocycles. The van der Waals surface area contributed by atoms with Crippen molar-refractivity contribution in [3.63, 3.8) is 0 Å². The van der Waals surface area contributed by atoms with Crippen LogP contribution in [-0.4, -0.2) is 15.5 Å². The molecular weight excluding hydrogens is 314 g/mol. The van der Waals surface area contributed by atoms with Gasteiger partial charge in [-0.2, -0.15) is 0 Å². The van der Waals surface area contributed by atoms with Gasteiger partial charge in [0.15, 0.2) is 0 Å². The van der Waals surface area contributed by atoms with Crippen molar-refractivity contribution in [2.24, 2.45) is 7.05 Å². The van der Waals surface area contributed by atoms with Crippen LogP contribution >= 0.6 is 11.6 Å². The fourth-order valence-electron chi connectivity index (χ4n) is 2.40. The Morgan fingerprint density at radius 2 is 2.13 bits per heavy atom. The number of amides is 1. The maximum absolute atomic E-state index is 12.5. The summed E-state index contributed by atoms with van der Waals surface area (Å²) in [5.41, 5.74) is 1.19. The molecule has 0 atom stereocenters. The molecule has 6 heteroatoms. The molecule has 0 radical (unpaired) electrons. The Hall–Kier alpha value is -2.66. The molecule has 116 valence electrons. The summed E-state index contributed by atoms with van der Waals surface area (Å²) in [4.78, 5) is 29.0. The highest BCUT2D eigenvalue weighted by Crippen LogP contribution is 2.16. The molecule has 2 heterocycles. The van der Waals surface area contributed by atoms with E-state index < -0.39 is 5.91 Å². The van der Waals surface area contributed by atoms with Crippen LogP contribution in [0.1, 0.15) is 16.1 Å². The summed E-state index contributed by atoms with van der Waals surface area (Å²) >= 11 is 5.96. The van der Waals surface area contributed by atoms with Gasteiger partial charge in [-0.3, -0.25) is 14.6 Å². The van der Waals surface area contributed by atoms with E-state index in [-0.39, 0.29) is 17.5 Å². The lowest BCUT2D eigenvalue weighted by atomic mass is 10.1. The number of benzene rings is 1. The Bertz CT molecular complexity index is 936. The number of pyridine rings is 2. The number of hydrogen-bond acceptors (Lipinski definition) is 3. The Balaban J connectivity index is 1.94. The number of nitrogens with zero attached hydrogens (tertiary/aromatic N) is 2. The zero-order chi connectivity index (χ0) is 16.4. The Morgan fingerprint density at radius 3 is 2.87 bits per heavy atom. The number of hydrogen-bond donors (Lipinski definition) is 1. The summed E-state index contributed by atoms with van der Waals surface area (Å²) in [5, 5.41) is 3.60. The van der Waals surface area contributed by atoms with Gasteiger partial charge >= 0.3 is 0 Å². The topological polar surface area (TPSA) is 64.0 Å². The summed E-state index contributed by atoms with van der Waals surface area (Å²) in [5.74, 6) is -0.432. The van der Waals surface area contributed by atoms with Gasteiger partial charge in [-0.05, 0) is 30.3 Å². The summed E-state index contributed by atoms with van der Waals surface area (Å²) in [7, 11) is 1.78. The van der Waals surface area contributed by atoms with E-state index in [4.69, 9.17) is 11.6 Å². The molecule has 1 aromatic carbocycles. The molecule has 0 unspecified atom stereocenters. The second kappa shape index (κ2) is 6.22. The van der Waals surface area contributed by atoms with Crippen molar-refractivity contribution < 1.29 is 4.79 Å². The lowest BCUT2D eigenvalue weighted by molar-refractivity contribution is 0.0949. The van der Waals surface area contributed by atoms with E-state index >= 15 is 0 Å². The van der Waals surface area contributed by atoms with Gasteiger partial charge in [-0.25, -0.2) is 0 Å². The Kier molecular flexibility index (Phi) is 4.12. The average Bonchev–Trinajstić information content (AvgIpc) is 2.56. The van der Waals surface area contributed by atoms with E-state index in [0.29, 0.717) is 10.4 Å². The van der Waals surface area contributed by atoms with Crippen LogP contribution in [0.3, 0.4) is 0 Å². The first-order chi connectivity index (χ1) is 11.1. The van der Waals surface area contributed by atoms with Crippen molar-refractivity contribution in [3.8, 4) is 0 Å². The van der Waals surface area contributed by atoms with E-state index in [2.05, 4.69) is 10.3 Å². The van der Waals surface area contributed by atoms with Crippen LogP contribution in [0.2, 0.25) is 5.02 Å². The molecule has 5 nitrogen and oxygen atoms in total. The average molecular weight is 328 g/mol. The van der Waals surface area contributed by atoms with Gasteiger partial charge in [0.25, 0.3) is 5.91 Å². The predicted octanol–water partition coefficient (Wildman–Crippen LogP) is 2.52. The van der Waals surface area contributed by atoms with Crippen LogP contribution in [0.25, 0.3) is 10.9 Å². The molecule has 1 amide bonds. The number of aromatic nitrogens is 2. The van der Waals surface area contributed by atoms with Crippen molar-refractivity contribution in [1.82, 2.24) is 14.9 Å². The van der Waals surface area contributed by atoms with Crippen LogP contribution in [0.15, 0.2) is 53.6 Å². The van der Waals surface area contributed by atoms with Crippen LogP contribution in [0, 0.1) is 0 Å². The number of rotatable bonds is 3. The number of carbonyl (C=O) groups excluding carboxylic acids is 1. The molecule has 0 aliphatic rings. The Labute approximate surface area is 137 Å². The van der Waals surface area contributed by atoms with Crippen LogP contribution in [-0.2, 0) is 13.6 Å². The number of fused-ring (bicyclic) bond motifs is 1.